The number of ether oxygens (including phenoxy) is 1. The van der Waals surface area contributed by atoms with Crippen molar-refractivity contribution in [1.29, 1.82) is 0 Å². The van der Waals surface area contributed by atoms with Gasteiger partial charge in [0.25, 0.3) is 0 Å². The van der Waals surface area contributed by atoms with Crippen molar-refractivity contribution in [2.24, 2.45) is 5.41 Å². The van der Waals surface area contributed by atoms with Crippen molar-refractivity contribution in [2.75, 3.05) is 12.4 Å². The zero-order chi connectivity index (χ0) is 15.2. The van der Waals surface area contributed by atoms with Crippen molar-refractivity contribution in [1.82, 2.24) is 9.78 Å². The van der Waals surface area contributed by atoms with E-state index in [1.807, 2.05) is 24.7 Å². The van der Waals surface area contributed by atoms with Crippen LogP contribution in [-0.2, 0) is 15.6 Å². The van der Waals surface area contributed by atoms with Gasteiger partial charge in [0.2, 0.25) is 9.05 Å². The van der Waals surface area contributed by atoms with E-state index in [0.717, 1.165) is 13.0 Å². The van der Waals surface area contributed by atoms with Gasteiger partial charge in [0, 0.05) is 22.6 Å². The van der Waals surface area contributed by atoms with Crippen molar-refractivity contribution >= 4 is 19.7 Å². The van der Waals surface area contributed by atoms with Crippen LogP contribution in [0.15, 0.2) is 12.4 Å². The second kappa shape index (κ2) is 7.31. The molecule has 0 saturated heterocycles. The van der Waals surface area contributed by atoms with E-state index in [4.69, 9.17) is 15.4 Å². The summed E-state index contributed by atoms with van der Waals surface area (Å²) in [7, 11) is 1.86. The fourth-order valence-electron chi connectivity index (χ4n) is 2.07. The smallest absolute Gasteiger partial charge is 0.233 e. The van der Waals surface area contributed by atoms with Crippen molar-refractivity contribution < 1.29 is 13.2 Å². The minimum atomic E-state index is -3.54. The minimum absolute atomic E-state index is 0.0718. The SMILES string of the molecule is CCCn1cc(OCC(CC)(CC)CS(=O)(=O)Cl)cn1. The third kappa shape index (κ3) is 5.32. The Labute approximate surface area is 125 Å². The Hall–Kier alpha value is -0.750. The average Bonchev–Trinajstić information content (AvgIpc) is 2.82. The largest absolute Gasteiger partial charge is 0.490 e. The van der Waals surface area contributed by atoms with Crippen LogP contribution < -0.4 is 4.74 Å². The maximum Gasteiger partial charge on any atom is 0.233 e. The Morgan fingerprint density at radius 2 is 2.00 bits per heavy atom. The quantitative estimate of drug-likeness (QED) is 0.656. The molecule has 0 spiro atoms. The summed E-state index contributed by atoms with van der Waals surface area (Å²) in [6.45, 7) is 7.15. The molecule has 20 heavy (non-hydrogen) atoms. The Bertz CT molecular complexity index is 509. The molecule has 1 heterocycles. The Morgan fingerprint density at radius 1 is 1.35 bits per heavy atom. The summed E-state index contributed by atoms with van der Waals surface area (Å²) in [5.41, 5.74) is -0.451. The topological polar surface area (TPSA) is 61.2 Å². The van der Waals surface area contributed by atoms with Gasteiger partial charge < -0.3 is 4.74 Å². The fourth-order valence-corrected chi connectivity index (χ4v) is 3.99. The van der Waals surface area contributed by atoms with Crippen molar-refractivity contribution in [3.05, 3.63) is 12.4 Å². The predicted molar refractivity (Wildman–Crippen MR) is 80.7 cm³/mol. The van der Waals surface area contributed by atoms with Crippen LogP contribution in [0.1, 0.15) is 40.0 Å². The molecule has 0 fully saturated rings. The Balaban J connectivity index is 2.70. The second-order valence-electron chi connectivity index (χ2n) is 5.12. The summed E-state index contributed by atoms with van der Waals surface area (Å²) in [5.74, 6) is 0.592. The molecule has 0 amide bonds. The molecule has 5 nitrogen and oxygen atoms in total. The molecule has 0 bridgehead atoms. The molecule has 0 aliphatic carbocycles. The molecule has 7 heteroatoms. The lowest BCUT2D eigenvalue weighted by Gasteiger charge is -2.29. The molecule has 0 aliphatic heterocycles. The van der Waals surface area contributed by atoms with E-state index in [0.29, 0.717) is 25.2 Å². The molecule has 1 aromatic rings. The molecule has 0 N–H and O–H groups in total. The standard InChI is InChI=1S/C13H23ClN2O3S/c1-4-7-16-9-12(8-15-16)19-10-13(5-2,6-3)11-20(14,17)18/h8-9H,4-7,10-11H2,1-3H3. The molecule has 0 aliphatic rings. The number of aromatic nitrogens is 2. The first-order chi connectivity index (χ1) is 9.34. The van der Waals surface area contributed by atoms with Crippen LogP contribution >= 0.6 is 10.7 Å². The highest BCUT2D eigenvalue weighted by Gasteiger charge is 2.32. The van der Waals surface area contributed by atoms with Gasteiger partial charge in [0.15, 0.2) is 5.75 Å². The first kappa shape index (κ1) is 17.3. The maximum atomic E-state index is 11.4. The van der Waals surface area contributed by atoms with E-state index in [1.165, 1.54) is 0 Å². The first-order valence-electron chi connectivity index (χ1n) is 6.91. The van der Waals surface area contributed by atoms with Gasteiger partial charge >= 0.3 is 0 Å². The van der Waals surface area contributed by atoms with Crippen LogP contribution in [0.2, 0.25) is 0 Å². The minimum Gasteiger partial charge on any atom is -0.490 e. The van der Waals surface area contributed by atoms with Gasteiger partial charge in [0.1, 0.15) is 0 Å². The number of halogens is 1. The summed E-state index contributed by atoms with van der Waals surface area (Å²) < 4.78 is 30.2. The molecule has 0 unspecified atom stereocenters. The molecule has 0 aromatic carbocycles. The highest BCUT2D eigenvalue weighted by atomic mass is 35.7. The van der Waals surface area contributed by atoms with E-state index in [2.05, 4.69) is 12.0 Å². The summed E-state index contributed by atoms with van der Waals surface area (Å²) >= 11 is 0. The molecule has 0 radical (unpaired) electrons. The molecule has 1 rings (SSSR count). The summed E-state index contributed by atoms with van der Waals surface area (Å²) in [6, 6.07) is 0. The lowest BCUT2D eigenvalue weighted by atomic mass is 9.85. The van der Waals surface area contributed by atoms with Gasteiger partial charge in [-0.2, -0.15) is 5.10 Å². The van der Waals surface area contributed by atoms with E-state index in [9.17, 15) is 8.42 Å². The van der Waals surface area contributed by atoms with E-state index < -0.39 is 14.5 Å². The van der Waals surface area contributed by atoms with Gasteiger partial charge in [0.05, 0.1) is 24.8 Å². The zero-order valence-electron chi connectivity index (χ0n) is 12.3. The van der Waals surface area contributed by atoms with Crippen LogP contribution in [-0.4, -0.2) is 30.6 Å². The molecule has 0 atom stereocenters. The third-order valence-electron chi connectivity index (χ3n) is 3.59. The van der Waals surface area contributed by atoms with Gasteiger partial charge in [-0.3, -0.25) is 4.68 Å². The van der Waals surface area contributed by atoms with Gasteiger partial charge in [-0.1, -0.05) is 20.8 Å². The summed E-state index contributed by atoms with van der Waals surface area (Å²) in [4.78, 5) is 0. The maximum absolute atomic E-state index is 11.4. The van der Waals surface area contributed by atoms with Crippen LogP contribution in [0.5, 0.6) is 5.75 Å². The highest BCUT2D eigenvalue weighted by molar-refractivity contribution is 8.13. The molecular weight excluding hydrogens is 300 g/mol. The van der Waals surface area contributed by atoms with Gasteiger partial charge in [-0.05, 0) is 19.3 Å². The number of aryl methyl sites for hydroxylation is 1. The van der Waals surface area contributed by atoms with Crippen LogP contribution in [0.3, 0.4) is 0 Å². The van der Waals surface area contributed by atoms with E-state index in [-0.39, 0.29) is 5.75 Å². The normalized spacial score (nSPS) is 12.6. The van der Waals surface area contributed by atoms with Crippen molar-refractivity contribution in [3.63, 3.8) is 0 Å². The number of hydrogen-bond acceptors (Lipinski definition) is 4. The number of hydrogen-bond donors (Lipinski definition) is 0. The molecule has 116 valence electrons. The van der Waals surface area contributed by atoms with E-state index in [1.54, 1.807) is 6.20 Å². The lowest BCUT2D eigenvalue weighted by molar-refractivity contribution is 0.155. The highest BCUT2D eigenvalue weighted by Crippen LogP contribution is 2.30. The first-order valence-corrected chi connectivity index (χ1v) is 9.39. The average molecular weight is 323 g/mol. The fraction of sp³-hybridized carbons (Fsp3) is 0.769. The van der Waals surface area contributed by atoms with Crippen LogP contribution in [0, 0.1) is 5.41 Å². The Morgan fingerprint density at radius 3 is 2.50 bits per heavy atom. The molecular formula is C13H23ClN2O3S. The summed E-state index contributed by atoms with van der Waals surface area (Å²) in [5, 5.41) is 4.18. The number of nitrogens with zero attached hydrogens (tertiary/aromatic N) is 2. The molecule has 0 saturated carbocycles. The lowest BCUT2D eigenvalue weighted by Crippen LogP contribution is -2.33. The predicted octanol–water partition coefficient (Wildman–Crippen LogP) is 3.05. The third-order valence-corrected chi connectivity index (χ3v) is 4.87. The van der Waals surface area contributed by atoms with Gasteiger partial charge in [-0.15, -0.1) is 0 Å². The van der Waals surface area contributed by atoms with Crippen LogP contribution in [0.25, 0.3) is 0 Å². The van der Waals surface area contributed by atoms with Crippen LogP contribution in [0.4, 0.5) is 0 Å². The number of rotatable bonds is 9. The van der Waals surface area contributed by atoms with Gasteiger partial charge in [-0.25, -0.2) is 8.42 Å². The second-order valence-corrected chi connectivity index (χ2v) is 7.90. The monoisotopic (exact) mass is 322 g/mol. The molecule has 1 aromatic heterocycles. The zero-order valence-corrected chi connectivity index (χ0v) is 13.9. The summed E-state index contributed by atoms with van der Waals surface area (Å²) in [6.07, 6.45) is 5.87. The van der Waals surface area contributed by atoms with E-state index >= 15 is 0 Å². The van der Waals surface area contributed by atoms with Crippen molar-refractivity contribution in [3.8, 4) is 5.75 Å². The Kier molecular flexibility index (Phi) is 6.33. The van der Waals surface area contributed by atoms with Crippen molar-refractivity contribution in [2.45, 2.75) is 46.6 Å².